The fourth-order valence-electron chi connectivity index (χ4n) is 10.00. The molecule has 0 spiro atoms. The van der Waals surface area contributed by atoms with Crippen LogP contribution < -0.4 is 0 Å². The first-order chi connectivity index (χ1) is 33.0. The molecule has 0 unspecified atom stereocenters. The van der Waals surface area contributed by atoms with E-state index in [1.807, 2.05) is 12.3 Å². The van der Waals surface area contributed by atoms with E-state index in [0.717, 1.165) is 105 Å². The maximum Gasteiger partial charge on any atom is 0.149 e. The number of benzene rings is 8. The van der Waals surface area contributed by atoms with Gasteiger partial charge in [0, 0.05) is 39.2 Å². The molecule has 5 nitrogen and oxygen atoms in total. The summed E-state index contributed by atoms with van der Waals surface area (Å²) < 4.78 is 8.96. The third kappa shape index (κ3) is 7.67. The fraction of sp³-hybridized carbons (Fsp3) is 0.188. The van der Waals surface area contributed by atoms with Crippen LogP contribution in [0.2, 0.25) is 0 Å². The molecule has 3 aromatic heterocycles. The van der Waals surface area contributed by atoms with Crippen LogP contribution >= 0.6 is 0 Å². The smallest absolute Gasteiger partial charge is 0.149 e. The van der Waals surface area contributed by atoms with Crippen LogP contribution in [0.5, 0.6) is 5.75 Å². The Morgan fingerprint density at radius 1 is 0.493 bits per heavy atom. The summed E-state index contributed by atoms with van der Waals surface area (Å²) in [6, 6.07) is 60.3. The molecule has 0 saturated heterocycles. The molecule has 0 bridgehead atoms. The number of phenolic OH excluding ortho intramolecular Hbond substituents is 1. The summed E-state index contributed by atoms with van der Waals surface area (Å²) >= 11 is 0. The minimum absolute atomic E-state index is 0.0901. The van der Waals surface area contributed by atoms with E-state index in [2.05, 4.69) is 231 Å². The second-order valence-electron chi connectivity index (χ2n) is 21.7. The van der Waals surface area contributed by atoms with Crippen molar-refractivity contribution in [2.45, 2.75) is 78.6 Å². The van der Waals surface area contributed by atoms with E-state index in [9.17, 15) is 5.11 Å². The summed E-state index contributed by atoms with van der Waals surface area (Å²) in [4.78, 5) is 10.9. The number of furan rings is 1. The molecule has 3 heterocycles. The Balaban J connectivity index is 1.23. The summed E-state index contributed by atoms with van der Waals surface area (Å²) in [6.45, 7) is 20.0. The molecule has 8 aromatic carbocycles. The van der Waals surface area contributed by atoms with Crippen molar-refractivity contribution in [2.75, 3.05) is 0 Å². The van der Waals surface area contributed by atoms with Crippen LogP contribution in [0.3, 0.4) is 0 Å². The number of hydrogen-bond acceptors (Lipinski definition) is 4. The second-order valence-corrected chi connectivity index (χ2v) is 21.7. The van der Waals surface area contributed by atoms with Crippen LogP contribution in [0, 0.1) is 0 Å². The van der Waals surface area contributed by atoms with Gasteiger partial charge >= 0.3 is 0 Å². The largest absolute Gasteiger partial charge is 0.507 e. The second kappa shape index (κ2) is 16.2. The van der Waals surface area contributed by atoms with Gasteiger partial charge in [-0.15, -0.1) is 0 Å². The van der Waals surface area contributed by atoms with Gasteiger partial charge in [-0.05, 0) is 110 Å². The minimum Gasteiger partial charge on any atom is -0.507 e. The number of aromatic nitrogens is 3. The van der Waals surface area contributed by atoms with Crippen molar-refractivity contribution in [1.82, 2.24) is 14.5 Å². The molecule has 1 N–H and O–H groups in total. The van der Waals surface area contributed by atoms with E-state index in [1.165, 1.54) is 5.56 Å². The van der Waals surface area contributed by atoms with Gasteiger partial charge < -0.3 is 9.52 Å². The first kappa shape index (κ1) is 43.8. The highest BCUT2D eigenvalue weighted by molar-refractivity contribution is 6.18. The number of pyridine rings is 1. The molecular formula is C64H57N3O2. The number of aromatic hydroxyl groups is 1. The predicted molar refractivity (Wildman–Crippen MR) is 289 cm³/mol. The number of fused-ring (bicyclic) bond motifs is 6. The number of para-hydroxylation sites is 1. The Labute approximate surface area is 404 Å². The van der Waals surface area contributed by atoms with Crippen molar-refractivity contribution in [2.24, 2.45) is 0 Å². The van der Waals surface area contributed by atoms with Crippen LogP contribution in [-0.2, 0) is 16.2 Å². The normalized spacial score (nSPS) is 12.5. The highest BCUT2D eigenvalue weighted by atomic mass is 16.3. The Morgan fingerprint density at radius 3 is 1.88 bits per heavy atom. The molecule has 0 atom stereocenters. The summed E-state index contributed by atoms with van der Waals surface area (Å²) in [6.07, 6.45) is 1.85. The number of rotatable bonds is 6. The number of imidazole rings is 1. The van der Waals surface area contributed by atoms with E-state index >= 15 is 0 Å². The summed E-state index contributed by atoms with van der Waals surface area (Å²) in [5.74, 6) is 0.920. The van der Waals surface area contributed by atoms with Gasteiger partial charge in [0.05, 0.1) is 33.4 Å². The molecule has 0 radical (unpaired) electrons. The van der Waals surface area contributed by atoms with Gasteiger partial charge in [0.25, 0.3) is 0 Å². The van der Waals surface area contributed by atoms with Crippen LogP contribution in [-0.4, -0.2) is 19.6 Å². The zero-order valence-electron chi connectivity index (χ0n) is 40.9. The van der Waals surface area contributed by atoms with Crippen molar-refractivity contribution in [1.29, 1.82) is 0 Å². The summed E-state index contributed by atoms with van der Waals surface area (Å²) in [5.41, 5.74) is 15.8. The topological polar surface area (TPSA) is 64.1 Å². The number of phenols is 1. The Morgan fingerprint density at radius 2 is 1.16 bits per heavy atom. The van der Waals surface area contributed by atoms with Crippen LogP contribution in [0.4, 0.5) is 0 Å². The van der Waals surface area contributed by atoms with Crippen molar-refractivity contribution in [3.05, 3.63) is 193 Å². The molecule has 0 saturated carbocycles. The zero-order chi connectivity index (χ0) is 48.0. The lowest BCUT2D eigenvalue weighted by Gasteiger charge is -2.28. The molecule has 11 aromatic rings. The van der Waals surface area contributed by atoms with Gasteiger partial charge in [-0.2, -0.15) is 0 Å². The van der Waals surface area contributed by atoms with Crippen LogP contribution in [0.25, 0.3) is 105 Å². The van der Waals surface area contributed by atoms with Gasteiger partial charge in [0.15, 0.2) is 0 Å². The van der Waals surface area contributed by atoms with E-state index in [-0.39, 0.29) is 22.0 Å². The third-order valence-corrected chi connectivity index (χ3v) is 13.8. The molecule has 11 rings (SSSR count). The predicted octanol–water partition coefficient (Wildman–Crippen LogP) is 17.4. The first-order valence-corrected chi connectivity index (χ1v) is 24.0. The highest BCUT2D eigenvalue weighted by Crippen LogP contribution is 2.47. The molecule has 0 aliphatic heterocycles. The van der Waals surface area contributed by atoms with Crippen LogP contribution in [0.15, 0.2) is 180 Å². The van der Waals surface area contributed by atoms with Crippen molar-refractivity contribution < 1.29 is 9.52 Å². The van der Waals surface area contributed by atoms with Gasteiger partial charge in [-0.25, -0.2) is 4.98 Å². The van der Waals surface area contributed by atoms with Gasteiger partial charge in [0.1, 0.15) is 22.7 Å². The first-order valence-electron chi connectivity index (χ1n) is 24.0. The molecule has 69 heavy (non-hydrogen) atoms. The molecule has 5 heteroatoms. The minimum atomic E-state index is -0.343. The SMILES string of the molecule is CC(C)(C)c1ccc(-n2c(-c3cc(C(C)(C)C)cc(C(C)(C)C)c3O)nc3c(-c4cc(-c5ccccc5)cc(-c5nccc6oc7c8ccccc8ccc7c56)c4)cccc32)c(-c2ccccc2)c1. The average Bonchev–Trinajstić information content (AvgIpc) is 3.93. The lowest BCUT2D eigenvalue weighted by molar-refractivity contribution is 0.446. The lowest BCUT2D eigenvalue weighted by atomic mass is 9.79. The average molecular weight is 900 g/mol. The highest BCUT2D eigenvalue weighted by Gasteiger charge is 2.30. The molecule has 0 amide bonds. The number of nitrogens with zero attached hydrogens (tertiary/aromatic N) is 3. The zero-order valence-corrected chi connectivity index (χ0v) is 40.9. The van der Waals surface area contributed by atoms with Crippen molar-refractivity contribution in [3.63, 3.8) is 0 Å². The monoisotopic (exact) mass is 899 g/mol. The number of hydrogen-bond donors (Lipinski definition) is 1. The molecule has 0 fully saturated rings. The maximum atomic E-state index is 12.6. The molecular weight excluding hydrogens is 843 g/mol. The summed E-state index contributed by atoms with van der Waals surface area (Å²) in [5, 5.41) is 16.9. The van der Waals surface area contributed by atoms with E-state index in [0.29, 0.717) is 11.4 Å². The van der Waals surface area contributed by atoms with E-state index in [1.54, 1.807) is 0 Å². The Kier molecular flexibility index (Phi) is 10.3. The standard InChI is InChI=1S/C64H57N3O2/c1-62(2,3)45-28-30-53(50(36-45)40-21-14-11-15-22-40)67-54-26-18-25-47(58(54)66-61(67)51-37-46(63(4,5)6)38-52(59(51)68)64(7,8)9)43-33-42(39-19-12-10-13-20-39)34-44(35-43)57-56-49-29-27-41-23-16-17-24-48(41)60(49)69-55(56)31-32-65-57/h10-38,68H,1-9H3. The summed E-state index contributed by atoms with van der Waals surface area (Å²) in [7, 11) is 0. The lowest BCUT2D eigenvalue weighted by Crippen LogP contribution is -2.17. The van der Waals surface area contributed by atoms with Gasteiger partial charge in [-0.1, -0.05) is 178 Å². The molecule has 340 valence electrons. The molecule has 0 aliphatic rings. The van der Waals surface area contributed by atoms with E-state index in [4.69, 9.17) is 14.4 Å². The Bertz CT molecular complexity index is 3780. The molecule has 0 aliphatic carbocycles. The van der Waals surface area contributed by atoms with Crippen LogP contribution in [0.1, 0.15) is 79.0 Å². The van der Waals surface area contributed by atoms with Crippen molar-refractivity contribution in [3.8, 4) is 67.5 Å². The maximum absolute atomic E-state index is 12.6. The Hall–Kier alpha value is -7.76. The fourth-order valence-corrected chi connectivity index (χ4v) is 10.00. The van der Waals surface area contributed by atoms with Crippen molar-refractivity contribution >= 4 is 43.7 Å². The van der Waals surface area contributed by atoms with Gasteiger partial charge in [-0.3, -0.25) is 9.55 Å². The van der Waals surface area contributed by atoms with Gasteiger partial charge in [0.2, 0.25) is 0 Å². The van der Waals surface area contributed by atoms with E-state index < -0.39 is 0 Å². The third-order valence-electron chi connectivity index (χ3n) is 13.8. The quantitative estimate of drug-likeness (QED) is 0.181.